The van der Waals surface area contributed by atoms with Crippen molar-refractivity contribution in [1.29, 1.82) is 0 Å². The number of amides is 1. The van der Waals surface area contributed by atoms with Crippen molar-refractivity contribution in [3.05, 3.63) is 36.7 Å². The summed E-state index contributed by atoms with van der Waals surface area (Å²) in [5.74, 6) is 0.595. The van der Waals surface area contributed by atoms with Crippen molar-refractivity contribution in [2.24, 2.45) is 0 Å². The van der Waals surface area contributed by atoms with Crippen LogP contribution in [0.2, 0.25) is 0 Å². The van der Waals surface area contributed by atoms with Crippen LogP contribution in [0.1, 0.15) is 33.1 Å². The zero-order valence-electron chi connectivity index (χ0n) is 13.6. The number of piperidine rings is 1. The van der Waals surface area contributed by atoms with Gasteiger partial charge in [0.05, 0.1) is 5.75 Å². The molecule has 0 unspecified atom stereocenters. The number of aromatic nitrogens is 3. The Morgan fingerprint density at radius 2 is 1.91 bits per heavy atom. The lowest BCUT2D eigenvalue weighted by Gasteiger charge is -2.39. The normalized spacial score (nSPS) is 21.4. The van der Waals surface area contributed by atoms with Gasteiger partial charge in [0.1, 0.15) is 6.33 Å². The fourth-order valence-electron chi connectivity index (χ4n) is 3.20. The second-order valence-corrected chi connectivity index (χ2v) is 6.98. The largest absolute Gasteiger partial charge is 0.337 e. The number of carbonyl (C=O) groups excluding carboxylic acids is 1. The van der Waals surface area contributed by atoms with E-state index in [1.54, 1.807) is 6.33 Å². The molecule has 2 aromatic rings. The molecule has 1 aliphatic rings. The van der Waals surface area contributed by atoms with Gasteiger partial charge in [0.25, 0.3) is 0 Å². The second-order valence-electron chi connectivity index (χ2n) is 6.04. The molecule has 2 atom stereocenters. The molecule has 0 spiro atoms. The molecule has 23 heavy (non-hydrogen) atoms. The molecule has 6 heteroatoms. The van der Waals surface area contributed by atoms with E-state index >= 15 is 0 Å². The summed E-state index contributed by atoms with van der Waals surface area (Å²) in [4.78, 5) is 14.7. The molecule has 1 aromatic carbocycles. The summed E-state index contributed by atoms with van der Waals surface area (Å²) >= 11 is 1.45. The molecule has 1 saturated heterocycles. The van der Waals surface area contributed by atoms with E-state index in [1.165, 1.54) is 18.2 Å². The smallest absolute Gasteiger partial charge is 0.233 e. The SMILES string of the molecule is C[C@@H]1CCC[C@@H](C)N1C(=O)CSc1nncn1-c1ccccc1. The second kappa shape index (κ2) is 7.17. The van der Waals surface area contributed by atoms with Gasteiger partial charge >= 0.3 is 0 Å². The van der Waals surface area contributed by atoms with Crippen LogP contribution in [0.3, 0.4) is 0 Å². The Hall–Kier alpha value is -1.82. The van der Waals surface area contributed by atoms with Gasteiger partial charge < -0.3 is 4.90 Å². The van der Waals surface area contributed by atoms with Gasteiger partial charge in [-0.3, -0.25) is 9.36 Å². The van der Waals surface area contributed by atoms with Crippen LogP contribution in [0, 0.1) is 0 Å². The molecule has 3 rings (SSSR count). The van der Waals surface area contributed by atoms with Crippen LogP contribution in [-0.2, 0) is 4.79 Å². The molecule has 0 bridgehead atoms. The van der Waals surface area contributed by atoms with Crippen molar-refractivity contribution in [3.8, 4) is 5.69 Å². The third kappa shape index (κ3) is 3.58. The molecule has 1 aliphatic heterocycles. The van der Waals surface area contributed by atoms with Crippen molar-refractivity contribution < 1.29 is 4.79 Å². The lowest BCUT2D eigenvalue weighted by atomic mass is 9.98. The van der Waals surface area contributed by atoms with E-state index in [4.69, 9.17) is 0 Å². The average Bonchev–Trinajstić information content (AvgIpc) is 3.02. The first kappa shape index (κ1) is 16.1. The predicted molar refractivity (Wildman–Crippen MR) is 91.7 cm³/mol. The van der Waals surface area contributed by atoms with Crippen LogP contribution >= 0.6 is 11.8 Å². The monoisotopic (exact) mass is 330 g/mol. The van der Waals surface area contributed by atoms with Gasteiger partial charge in [-0.2, -0.15) is 0 Å². The van der Waals surface area contributed by atoms with Gasteiger partial charge in [-0.05, 0) is 45.2 Å². The summed E-state index contributed by atoms with van der Waals surface area (Å²) in [7, 11) is 0. The summed E-state index contributed by atoms with van der Waals surface area (Å²) in [6, 6.07) is 10.6. The first-order chi connectivity index (χ1) is 11.2. The van der Waals surface area contributed by atoms with Gasteiger partial charge in [-0.1, -0.05) is 30.0 Å². The van der Waals surface area contributed by atoms with E-state index in [0.717, 1.165) is 23.7 Å². The molecular formula is C17H22N4OS. The average molecular weight is 330 g/mol. The first-order valence-electron chi connectivity index (χ1n) is 8.06. The van der Waals surface area contributed by atoms with Gasteiger partial charge in [-0.15, -0.1) is 10.2 Å². The minimum Gasteiger partial charge on any atom is -0.337 e. The molecule has 0 N–H and O–H groups in total. The number of hydrogen-bond acceptors (Lipinski definition) is 4. The van der Waals surface area contributed by atoms with E-state index in [2.05, 4.69) is 24.0 Å². The number of nitrogens with zero attached hydrogens (tertiary/aromatic N) is 4. The van der Waals surface area contributed by atoms with Gasteiger partial charge in [0.15, 0.2) is 5.16 Å². The van der Waals surface area contributed by atoms with Crippen molar-refractivity contribution in [2.75, 3.05) is 5.75 Å². The van der Waals surface area contributed by atoms with Crippen LogP contribution in [0.25, 0.3) is 5.69 Å². The van der Waals surface area contributed by atoms with E-state index in [0.29, 0.717) is 17.8 Å². The predicted octanol–water partition coefficient (Wildman–Crippen LogP) is 3.15. The molecule has 2 heterocycles. The van der Waals surface area contributed by atoms with E-state index < -0.39 is 0 Å². The molecule has 5 nitrogen and oxygen atoms in total. The Labute approximate surface area is 141 Å². The Morgan fingerprint density at radius 3 is 2.61 bits per heavy atom. The quantitative estimate of drug-likeness (QED) is 0.808. The van der Waals surface area contributed by atoms with Gasteiger partial charge in [-0.25, -0.2) is 0 Å². The zero-order chi connectivity index (χ0) is 16.2. The fraction of sp³-hybridized carbons (Fsp3) is 0.471. The van der Waals surface area contributed by atoms with Crippen LogP contribution in [-0.4, -0.2) is 43.4 Å². The number of likely N-dealkylation sites (tertiary alicyclic amines) is 1. The summed E-state index contributed by atoms with van der Waals surface area (Å²) in [5.41, 5.74) is 1.01. The van der Waals surface area contributed by atoms with Gasteiger partial charge in [0, 0.05) is 17.8 Å². The Kier molecular flexibility index (Phi) is 5.00. The van der Waals surface area contributed by atoms with Crippen molar-refractivity contribution in [1.82, 2.24) is 19.7 Å². The van der Waals surface area contributed by atoms with E-state index in [1.807, 2.05) is 39.8 Å². The van der Waals surface area contributed by atoms with Crippen molar-refractivity contribution >= 4 is 17.7 Å². The number of para-hydroxylation sites is 1. The maximum Gasteiger partial charge on any atom is 0.233 e. The molecule has 1 amide bonds. The summed E-state index contributed by atoms with van der Waals surface area (Å²) in [6.45, 7) is 4.29. The van der Waals surface area contributed by atoms with Crippen molar-refractivity contribution in [3.63, 3.8) is 0 Å². The molecule has 0 aliphatic carbocycles. The molecular weight excluding hydrogens is 308 g/mol. The minimum absolute atomic E-state index is 0.192. The molecule has 122 valence electrons. The summed E-state index contributed by atoms with van der Waals surface area (Å²) in [6.07, 6.45) is 5.10. The summed E-state index contributed by atoms with van der Waals surface area (Å²) in [5, 5.41) is 8.89. The molecule has 1 fully saturated rings. The highest BCUT2D eigenvalue weighted by molar-refractivity contribution is 7.99. The van der Waals surface area contributed by atoms with Gasteiger partial charge in [0.2, 0.25) is 5.91 Å². The zero-order valence-corrected chi connectivity index (χ0v) is 14.4. The Balaban J connectivity index is 1.67. The Bertz CT molecular complexity index is 648. The third-order valence-electron chi connectivity index (χ3n) is 4.36. The highest BCUT2D eigenvalue weighted by Gasteiger charge is 2.28. The number of carbonyl (C=O) groups is 1. The number of thioether (sulfide) groups is 1. The highest BCUT2D eigenvalue weighted by atomic mass is 32.2. The van der Waals surface area contributed by atoms with E-state index in [9.17, 15) is 4.79 Å². The molecule has 0 saturated carbocycles. The lowest BCUT2D eigenvalue weighted by Crippen LogP contribution is -2.48. The number of benzene rings is 1. The standard InChI is InChI=1S/C17H22N4OS/c1-13-7-6-8-14(2)21(13)16(22)11-23-17-19-18-12-20(17)15-9-4-3-5-10-15/h3-5,9-10,12-14H,6-8,11H2,1-2H3/t13-,14-/m1/s1. The van der Waals surface area contributed by atoms with Crippen LogP contribution in [0.5, 0.6) is 0 Å². The maximum atomic E-state index is 12.6. The maximum absolute atomic E-state index is 12.6. The lowest BCUT2D eigenvalue weighted by molar-refractivity contribution is -0.134. The number of rotatable bonds is 4. The third-order valence-corrected chi connectivity index (χ3v) is 5.28. The van der Waals surface area contributed by atoms with Crippen LogP contribution in [0.4, 0.5) is 0 Å². The summed E-state index contributed by atoms with van der Waals surface area (Å²) < 4.78 is 1.92. The molecule has 1 aromatic heterocycles. The van der Waals surface area contributed by atoms with Crippen LogP contribution < -0.4 is 0 Å². The topological polar surface area (TPSA) is 51.0 Å². The van der Waals surface area contributed by atoms with Crippen LogP contribution in [0.15, 0.2) is 41.8 Å². The van der Waals surface area contributed by atoms with Crippen molar-refractivity contribution in [2.45, 2.75) is 50.4 Å². The highest BCUT2D eigenvalue weighted by Crippen LogP contribution is 2.25. The number of hydrogen-bond donors (Lipinski definition) is 0. The first-order valence-corrected chi connectivity index (χ1v) is 9.05. The Morgan fingerprint density at radius 1 is 1.22 bits per heavy atom. The minimum atomic E-state index is 0.192. The molecule has 0 radical (unpaired) electrons. The fourth-order valence-corrected chi connectivity index (χ4v) is 4.00. The van der Waals surface area contributed by atoms with E-state index in [-0.39, 0.29) is 5.91 Å².